The number of halogens is 3. The molecule has 88 valence electrons. The lowest BCUT2D eigenvalue weighted by molar-refractivity contribution is 0.627. The third kappa shape index (κ3) is 2.65. The minimum Gasteiger partial charge on any atom is -0.397 e. The smallest absolute Gasteiger partial charge is 0.141 e. The first-order valence-electron chi connectivity index (χ1n) is 4.83. The molecule has 2 aromatic rings. The summed E-state index contributed by atoms with van der Waals surface area (Å²) in [6, 6.07) is 8.08. The standard InChI is InChI=1S/C12H9ClF2N2/c13-9-6-8(2-3-10(9)15)17-12-5-7(14)1-4-11(12)16/h1-6,17H,16H2. The van der Waals surface area contributed by atoms with Gasteiger partial charge in [-0.1, -0.05) is 11.6 Å². The van der Waals surface area contributed by atoms with E-state index in [1.54, 1.807) is 0 Å². The summed E-state index contributed by atoms with van der Waals surface area (Å²) in [6.45, 7) is 0. The Morgan fingerprint density at radius 1 is 1.06 bits per heavy atom. The summed E-state index contributed by atoms with van der Waals surface area (Å²) in [6.07, 6.45) is 0. The van der Waals surface area contributed by atoms with Crippen molar-refractivity contribution in [2.75, 3.05) is 11.1 Å². The number of benzene rings is 2. The van der Waals surface area contributed by atoms with Crippen LogP contribution in [0.3, 0.4) is 0 Å². The molecule has 17 heavy (non-hydrogen) atoms. The maximum atomic E-state index is 13.0. The summed E-state index contributed by atoms with van der Waals surface area (Å²) in [5, 5.41) is 2.86. The van der Waals surface area contributed by atoms with E-state index in [2.05, 4.69) is 5.32 Å². The van der Waals surface area contributed by atoms with E-state index < -0.39 is 11.6 Å². The molecule has 0 aromatic heterocycles. The van der Waals surface area contributed by atoms with Gasteiger partial charge in [0.25, 0.3) is 0 Å². The van der Waals surface area contributed by atoms with Gasteiger partial charge in [-0.3, -0.25) is 0 Å². The first-order chi connectivity index (χ1) is 8.06. The summed E-state index contributed by atoms with van der Waals surface area (Å²) in [4.78, 5) is 0. The van der Waals surface area contributed by atoms with Crippen LogP contribution in [-0.2, 0) is 0 Å². The summed E-state index contributed by atoms with van der Waals surface area (Å²) >= 11 is 5.63. The SMILES string of the molecule is Nc1ccc(F)cc1Nc1ccc(F)c(Cl)c1. The number of nitrogen functional groups attached to an aromatic ring is 1. The van der Waals surface area contributed by atoms with Crippen LogP contribution in [0.15, 0.2) is 36.4 Å². The Balaban J connectivity index is 2.31. The monoisotopic (exact) mass is 254 g/mol. The molecule has 2 nitrogen and oxygen atoms in total. The lowest BCUT2D eigenvalue weighted by atomic mass is 10.2. The molecule has 5 heteroatoms. The highest BCUT2D eigenvalue weighted by molar-refractivity contribution is 6.31. The van der Waals surface area contributed by atoms with Gasteiger partial charge in [-0.25, -0.2) is 8.78 Å². The zero-order valence-corrected chi connectivity index (χ0v) is 9.43. The first kappa shape index (κ1) is 11.7. The molecule has 0 unspecified atom stereocenters. The van der Waals surface area contributed by atoms with Crippen molar-refractivity contribution >= 4 is 28.7 Å². The zero-order chi connectivity index (χ0) is 12.4. The Bertz CT molecular complexity index is 558. The predicted molar refractivity (Wildman–Crippen MR) is 65.5 cm³/mol. The molecule has 0 saturated carbocycles. The van der Waals surface area contributed by atoms with Gasteiger partial charge in [0.1, 0.15) is 11.6 Å². The minimum absolute atomic E-state index is 0.00928. The normalized spacial score (nSPS) is 10.3. The van der Waals surface area contributed by atoms with Crippen molar-refractivity contribution < 1.29 is 8.78 Å². The third-order valence-corrected chi connectivity index (χ3v) is 2.50. The number of nitrogens with one attached hydrogen (secondary N) is 1. The van der Waals surface area contributed by atoms with Crippen LogP contribution >= 0.6 is 11.6 Å². The topological polar surface area (TPSA) is 38.0 Å². The van der Waals surface area contributed by atoms with Gasteiger partial charge in [-0.15, -0.1) is 0 Å². The van der Waals surface area contributed by atoms with E-state index >= 15 is 0 Å². The molecular weight excluding hydrogens is 246 g/mol. The molecule has 0 amide bonds. The molecule has 0 radical (unpaired) electrons. The largest absolute Gasteiger partial charge is 0.397 e. The zero-order valence-electron chi connectivity index (χ0n) is 8.68. The van der Waals surface area contributed by atoms with Crippen molar-refractivity contribution in [3.63, 3.8) is 0 Å². The lowest BCUT2D eigenvalue weighted by Crippen LogP contribution is -1.97. The molecule has 2 rings (SSSR count). The quantitative estimate of drug-likeness (QED) is 0.797. The van der Waals surface area contributed by atoms with E-state index in [9.17, 15) is 8.78 Å². The fourth-order valence-corrected chi connectivity index (χ4v) is 1.55. The van der Waals surface area contributed by atoms with Crippen LogP contribution in [0.2, 0.25) is 5.02 Å². The van der Waals surface area contributed by atoms with Crippen LogP contribution in [0.1, 0.15) is 0 Å². The van der Waals surface area contributed by atoms with Gasteiger partial charge in [-0.05, 0) is 36.4 Å². The van der Waals surface area contributed by atoms with Crippen LogP contribution in [0.4, 0.5) is 25.8 Å². The molecule has 3 N–H and O–H groups in total. The average Bonchev–Trinajstić information content (AvgIpc) is 2.29. The molecule has 0 spiro atoms. The van der Waals surface area contributed by atoms with Crippen molar-refractivity contribution in [2.24, 2.45) is 0 Å². The number of rotatable bonds is 2. The highest BCUT2D eigenvalue weighted by atomic mass is 35.5. The van der Waals surface area contributed by atoms with Crippen LogP contribution in [0, 0.1) is 11.6 Å². The molecule has 0 saturated heterocycles. The van der Waals surface area contributed by atoms with Crippen LogP contribution in [0.25, 0.3) is 0 Å². The van der Waals surface area contributed by atoms with Crippen molar-refractivity contribution in [1.82, 2.24) is 0 Å². The lowest BCUT2D eigenvalue weighted by Gasteiger charge is -2.09. The van der Waals surface area contributed by atoms with Gasteiger partial charge in [0.05, 0.1) is 16.4 Å². The molecule has 0 bridgehead atoms. The van der Waals surface area contributed by atoms with E-state index in [4.69, 9.17) is 17.3 Å². The molecule has 0 heterocycles. The number of nitrogens with two attached hydrogens (primary N) is 1. The fraction of sp³-hybridized carbons (Fsp3) is 0. The van der Waals surface area contributed by atoms with Crippen molar-refractivity contribution in [1.29, 1.82) is 0 Å². The van der Waals surface area contributed by atoms with Gasteiger partial charge in [0, 0.05) is 5.69 Å². The summed E-state index contributed by atoms with van der Waals surface area (Å²) in [5.74, 6) is -0.917. The second-order valence-electron chi connectivity index (χ2n) is 3.49. The maximum Gasteiger partial charge on any atom is 0.141 e. The predicted octanol–water partition coefficient (Wildman–Crippen LogP) is 3.94. The van der Waals surface area contributed by atoms with Crippen LogP contribution in [0.5, 0.6) is 0 Å². The Morgan fingerprint density at radius 2 is 1.82 bits per heavy atom. The van der Waals surface area contributed by atoms with E-state index in [1.165, 1.54) is 36.4 Å². The van der Waals surface area contributed by atoms with Crippen molar-refractivity contribution in [3.05, 3.63) is 53.1 Å². The molecule has 0 aliphatic carbocycles. The Hall–Kier alpha value is -1.81. The van der Waals surface area contributed by atoms with E-state index in [-0.39, 0.29) is 5.02 Å². The Kier molecular flexibility index (Phi) is 3.15. The Labute approximate surface area is 102 Å². The third-order valence-electron chi connectivity index (χ3n) is 2.21. The molecule has 0 aliphatic heterocycles. The van der Waals surface area contributed by atoms with Crippen molar-refractivity contribution in [3.8, 4) is 0 Å². The van der Waals surface area contributed by atoms with Crippen LogP contribution < -0.4 is 11.1 Å². The second-order valence-corrected chi connectivity index (χ2v) is 3.89. The maximum absolute atomic E-state index is 13.0. The number of hydrogen-bond acceptors (Lipinski definition) is 2. The van der Waals surface area contributed by atoms with E-state index in [0.717, 1.165) is 0 Å². The fourth-order valence-electron chi connectivity index (χ4n) is 1.37. The summed E-state index contributed by atoms with van der Waals surface area (Å²) < 4.78 is 25.9. The highest BCUT2D eigenvalue weighted by Crippen LogP contribution is 2.26. The van der Waals surface area contributed by atoms with Gasteiger partial charge < -0.3 is 11.1 Å². The molecule has 2 aromatic carbocycles. The summed E-state index contributed by atoms with van der Waals surface area (Å²) in [7, 11) is 0. The molecule has 0 atom stereocenters. The van der Waals surface area contributed by atoms with Gasteiger partial charge in [-0.2, -0.15) is 0 Å². The molecule has 0 aliphatic rings. The van der Waals surface area contributed by atoms with E-state index in [1.807, 2.05) is 0 Å². The number of hydrogen-bond donors (Lipinski definition) is 2. The van der Waals surface area contributed by atoms with Crippen LogP contribution in [-0.4, -0.2) is 0 Å². The highest BCUT2D eigenvalue weighted by Gasteiger charge is 2.04. The summed E-state index contributed by atoms with van der Waals surface area (Å²) in [5.41, 5.74) is 7.01. The molecular formula is C12H9ClF2N2. The second kappa shape index (κ2) is 4.59. The van der Waals surface area contributed by atoms with Gasteiger partial charge >= 0.3 is 0 Å². The minimum atomic E-state index is -0.510. The van der Waals surface area contributed by atoms with Crippen molar-refractivity contribution in [2.45, 2.75) is 0 Å². The average molecular weight is 255 g/mol. The first-order valence-corrected chi connectivity index (χ1v) is 5.21. The molecule has 0 fully saturated rings. The van der Waals surface area contributed by atoms with Gasteiger partial charge in [0.15, 0.2) is 0 Å². The Morgan fingerprint density at radius 3 is 2.53 bits per heavy atom. The van der Waals surface area contributed by atoms with Gasteiger partial charge in [0.2, 0.25) is 0 Å². The van der Waals surface area contributed by atoms with E-state index in [0.29, 0.717) is 17.1 Å². The number of anilines is 3.